The molecule has 6 nitrogen and oxygen atoms in total. The third kappa shape index (κ3) is 2.70. The van der Waals surface area contributed by atoms with Crippen LogP contribution in [0, 0.1) is 5.92 Å². The number of rotatable bonds is 3. The van der Waals surface area contributed by atoms with Crippen molar-refractivity contribution in [2.24, 2.45) is 5.92 Å². The van der Waals surface area contributed by atoms with Gasteiger partial charge in [-0.1, -0.05) is 0 Å². The minimum absolute atomic E-state index is 0.0226. The quantitative estimate of drug-likeness (QED) is 0.880. The first kappa shape index (κ1) is 12.8. The number of aromatic nitrogens is 3. The van der Waals surface area contributed by atoms with Crippen LogP contribution < -0.4 is 10.6 Å². The number of nitrogens with one attached hydrogen (secondary N) is 2. The SMILES string of the molecule is O=C(Nc1cccnc1-n1cccn1)[C@@H]1CCCNC1. The lowest BCUT2D eigenvalue weighted by Gasteiger charge is -2.22. The lowest BCUT2D eigenvalue weighted by Crippen LogP contribution is -2.37. The molecule has 0 aliphatic carbocycles. The number of hydrogen-bond donors (Lipinski definition) is 2. The molecule has 2 aromatic heterocycles. The minimum atomic E-state index is 0.0226. The molecule has 104 valence electrons. The van der Waals surface area contributed by atoms with Crippen molar-refractivity contribution in [3.63, 3.8) is 0 Å². The number of anilines is 1. The molecular weight excluding hydrogens is 254 g/mol. The first-order valence-electron chi connectivity index (χ1n) is 6.81. The van der Waals surface area contributed by atoms with E-state index < -0.39 is 0 Å². The van der Waals surface area contributed by atoms with Crippen molar-refractivity contribution < 1.29 is 4.79 Å². The van der Waals surface area contributed by atoms with Gasteiger partial charge in [0.05, 0.1) is 11.6 Å². The number of carbonyl (C=O) groups excluding carboxylic acids is 1. The van der Waals surface area contributed by atoms with Gasteiger partial charge in [-0.05, 0) is 37.6 Å². The Morgan fingerprint density at radius 3 is 3.10 bits per heavy atom. The lowest BCUT2D eigenvalue weighted by molar-refractivity contribution is -0.120. The van der Waals surface area contributed by atoms with Crippen molar-refractivity contribution in [3.8, 4) is 5.82 Å². The summed E-state index contributed by atoms with van der Waals surface area (Å²) >= 11 is 0. The van der Waals surface area contributed by atoms with Crippen LogP contribution in [0.5, 0.6) is 0 Å². The molecule has 20 heavy (non-hydrogen) atoms. The summed E-state index contributed by atoms with van der Waals surface area (Å²) in [6, 6.07) is 5.48. The Kier molecular flexibility index (Phi) is 3.73. The van der Waals surface area contributed by atoms with Crippen LogP contribution in [0.4, 0.5) is 5.69 Å². The molecule has 0 bridgehead atoms. The van der Waals surface area contributed by atoms with Crippen LogP contribution in [-0.2, 0) is 4.79 Å². The molecule has 1 aliphatic heterocycles. The fraction of sp³-hybridized carbons (Fsp3) is 0.357. The van der Waals surface area contributed by atoms with Crippen molar-refractivity contribution in [1.29, 1.82) is 0 Å². The summed E-state index contributed by atoms with van der Waals surface area (Å²) in [6.45, 7) is 1.73. The molecule has 1 aliphatic rings. The molecule has 0 spiro atoms. The van der Waals surface area contributed by atoms with Gasteiger partial charge in [0, 0.05) is 25.1 Å². The highest BCUT2D eigenvalue weighted by atomic mass is 16.1. The third-order valence-electron chi connectivity index (χ3n) is 3.43. The first-order valence-corrected chi connectivity index (χ1v) is 6.81. The average molecular weight is 271 g/mol. The fourth-order valence-corrected chi connectivity index (χ4v) is 2.38. The van der Waals surface area contributed by atoms with Crippen molar-refractivity contribution in [2.75, 3.05) is 18.4 Å². The first-order chi connectivity index (χ1) is 9.84. The smallest absolute Gasteiger partial charge is 0.228 e. The van der Waals surface area contributed by atoms with Crippen LogP contribution in [0.1, 0.15) is 12.8 Å². The third-order valence-corrected chi connectivity index (χ3v) is 3.43. The predicted octanol–water partition coefficient (Wildman–Crippen LogP) is 1.21. The summed E-state index contributed by atoms with van der Waals surface area (Å²) in [4.78, 5) is 16.6. The summed E-state index contributed by atoms with van der Waals surface area (Å²) in [5, 5.41) is 10.4. The number of amides is 1. The molecular formula is C14H17N5O. The van der Waals surface area contributed by atoms with E-state index in [1.807, 2.05) is 18.2 Å². The number of pyridine rings is 1. The molecule has 0 aromatic carbocycles. The van der Waals surface area contributed by atoms with E-state index in [1.54, 1.807) is 23.3 Å². The van der Waals surface area contributed by atoms with Crippen LogP contribution in [0.15, 0.2) is 36.8 Å². The summed E-state index contributed by atoms with van der Waals surface area (Å²) in [6.07, 6.45) is 7.15. The number of piperidine rings is 1. The van der Waals surface area contributed by atoms with Gasteiger partial charge in [-0.25, -0.2) is 9.67 Å². The van der Waals surface area contributed by atoms with Gasteiger partial charge in [0.15, 0.2) is 5.82 Å². The second kappa shape index (κ2) is 5.83. The Hall–Kier alpha value is -2.21. The Balaban J connectivity index is 1.79. The Morgan fingerprint density at radius 2 is 2.35 bits per heavy atom. The minimum Gasteiger partial charge on any atom is -0.323 e. The van der Waals surface area contributed by atoms with Crippen molar-refractivity contribution in [1.82, 2.24) is 20.1 Å². The van der Waals surface area contributed by atoms with E-state index in [-0.39, 0.29) is 11.8 Å². The Morgan fingerprint density at radius 1 is 1.40 bits per heavy atom. The summed E-state index contributed by atoms with van der Waals surface area (Å²) < 4.78 is 1.65. The number of nitrogens with zero attached hydrogens (tertiary/aromatic N) is 3. The van der Waals surface area contributed by atoms with Crippen LogP contribution in [0.3, 0.4) is 0 Å². The van der Waals surface area contributed by atoms with Crippen molar-refractivity contribution in [3.05, 3.63) is 36.8 Å². The van der Waals surface area contributed by atoms with Gasteiger partial charge in [-0.15, -0.1) is 0 Å². The highest BCUT2D eigenvalue weighted by molar-refractivity contribution is 5.94. The largest absolute Gasteiger partial charge is 0.323 e. The zero-order valence-electron chi connectivity index (χ0n) is 11.1. The maximum atomic E-state index is 12.3. The molecule has 0 radical (unpaired) electrons. The number of carbonyl (C=O) groups is 1. The summed E-state index contributed by atoms with van der Waals surface area (Å²) in [7, 11) is 0. The maximum absolute atomic E-state index is 12.3. The fourth-order valence-electron chi connectivity index (χ4n) is 2.38. The monoisotopic (exact) mass is 271 g/mol. The Labute approximate surface area is 117 Å². The van der Waals surface area contributed by atoms with Gasteiger partial charge in [0.2, 0.25) is 5.91 Å². The van der Waals surface area contributed by atoms with Crippen molar-refractivity contribution >= 4 is 11.6 Å². The van der Waals surface area contributed by atoms with Gasteiger partial charge in [0.25, 0.3) is 0 Å². The van der Waals surface area contributed by atoms with E-state index in [0.717, 1.165) is 25.9 Å². The molecule has 0 saturated carbocycles. The van der Waals surface area contributed by atoms with Gasteiger partial charge < -0.3 is 10.6 Å². The number of hydrogen-bond acceptors (Lipinski definition) is 4. The summed E-state index contributed by atoms with van der Waals surface area (Å²) in [5.41, 5.74) is 0.687. The molecule has 1 atom stereocenters. The zero-order valence-corrected chi connectivity index (χ0v) is 11.1. The maximum Gasteiger partial charge on any atom is 0.228 e. The van der Waals surface area contributed by atoms with Gasteiger partial charge in [0.1, 0.15) is 0 Å². The molecule has 3 rings (SSSR count). The van der Waals surface area contributed by atoms with E-state index in [9.17, 15) is 4.79 Å². The second-order valence-electron chi connectivity index (χ2n) is 4.86. The van der Waals surface area contributed by atoms with E-state index in [0.29, 0.717) is 11.5 Å². The van der Waals surface area contributed by atoms with Crippen molar-refractivity contribution in [2.45, 2.75) is 12.8 Å². The molecule has 1 saturated heterocycles. The topological polar surface area (TPSA) is 71.8 Å². The second-order valence-corrected chi connectivity index (χ2v) is 4.86. The van der Waals surface area contributed by atoms with Gasteiger partial charge in [-0.3, -0.25) is 4.79 Å². The van der Waals surface area contributed by atoms with E-state index >= 15 is 0 Å². The molecule has 2 aromatic rings. The zero-order chi connectivity index (χ0) is 13.8. The van der Waals surface area contributed by atoms with E-state index in [2.05, 4.69) is 20.7 Å². The molecule has 2 N–H and O–H groups in total. The van der Waals surface area contributed by atoms with E-state index in [1.165, 1.54) is 0 Å². The highest BCUT2D eigenvalue weighted by Crippen LogP contribution is 2.19. The Bertz CT molecular complexity index is 575. The highest BCUT2D eigenvalue weighted by Gasteiger charge is 2.21. The van der Waals surface area contributed by atoms with Crippen LogP contribution in [0.25, 0.3) is 5.82 Å². The van der Waals surface area contributed by atoms with Crippen LogP contribution in [-0.4, -0.2) is 33.8 Å². The molecule has 1 fully saturated rings. The van der Waals surface area contributed by atoms with Crippen LogP contribution >= 0.6 is 0 Å². The van der Waals surface area contributed by atoms with Gasteiger partial charge in [-0.2, -0.15) is 5.10 Å². The summed E-state index contributed by atoms with van der Waals surface area (Å²) in [5.74, 6) is 0.697. The molecule has 6 heteroatoms. The lowest BCUT2D eigenvalue weighted by atomic mass is 9.99. The van der Waals surface area contributed by atoms with E-state index in [4.69, 9.17) is 0 Å². The standard InChI is InChI=1S/C14H17N5O/c20-14(11-4-1-6-15-10-11)18-12-5-2-7-16-13(12)19-9-3-8-17-19/h2-3,5,7-9,11,15H,1,4,6,10H2,(H,18,20)/t11-/m1/s1. The van der Waals surface area contributed by atoms with Crippen LogP contribution in [0.2, 0.25) is 0 Å². The normalized spacial score (nSPS) is 18.7. The predicted molar refractivity (Wildman–Crippen MR) is 75.6 cm³/mol. The molecule has 3 heterocycles. The molecule has 1 amide bonds. The molecule has 0 unspecified atom stereocenters. The average Bonchev–Trinajstić information content (AvgIpc) is 3.03. The van der Waals surface area contributed by atoms with Gasteiger partial charge >= 0.3 is 0 Å².